The van der Waals surface area contributed by atoms with Crippen LogP contribution in [0.1, 0.15) is 0 Å². The number of hydrogen-bond acceptors (Lipinski definition) is 4. The van der Waals surface area contributed by atoms with Crippen molar-refractivity contribution >= 4 is 43.7 Å². The Balaban J connectivity index is 1.19. The molecular formula is C51H32N4O. The van der Waals surface area contributed by atoms with Gasteiger partial charge in [0.1, 0.15) is 11.2 Å². The quantitative estimate of drug-likeness (QED) is 0.172. The molecule has 0 saturated heterocycles. The first-order valence-corrected chi connectivity index (χ1v) is 18.8. The zero-order chi connectivity index (χ0) is 37.0. The first kappa shape index (κ1) is 31.9. The van der Waals surface area contributed by atoms with Crippen LogP contribution in [0.15, 0.2) is 199 Å². The van der Waals surface area contributed by atoms with Crippen molar-refractivity contribution in [3.8, 4) is 62.1 Å². The number of rotatable bonds is 6. The fourth-order valence-electron chi connectivity index (χ4n) is 8.05. The summed E-state index contributed by atoms with van der Waals surface area (Å²) in [6, 6.07) is 67.5. The van der Waals surface area contributed by atoms with Crippen LogP contribution in [0, 0.1) is 0 Å². The number of aromatic nitrogens is 4. The molecular weight excluding hydrogens is 685 g/mol. The van der Waals surface area contributed by atoms with Crippen LogP contribution in [0.25, 0.3) is 106 Å². The Morgan fingerprint density at radius 2 is 0.911 bits per heavy atom. The summed E-state index contributed by atoms with van der Waals surface area (Å²) in [6.45, 7) is 0. The van der Waals surface area contributed by atoms with Crippen molar-refractivity contribution in [1.29, 1.82) is 0 Å². The minimum Gasteiger partial charge on any atom is -0.455 e. The first-order valence-electron chi connectivity index (χ1n) is 18.8. The first-order chi connectivity index (χ1) is 27.8. The molecule has 5 nitrogen and oxygen atoms in total. The van der Waals surface area contributed by atoms with Crippen molar-refractivity contribution in [2.24, 2.45) is 0 Å². The van der Waals surface area contributed by atoms with Crippen LogP contribution in [-0.4, -0.2) is 19.5 Å². The van der Waals surface area contributed by atoms with Crippen molar-refractivity contribution < 1.29 is 4.42 Å². The molecule has 0 radical (unpaired) electrons. The summed E-state index contributed by atoms with van der Waals surface area (Å²) in [5, 5.41) is 4.46. The molecule has 0 amide bonds. The number of benzene rings is 8. The van der Waals surface area contributed by atoms with E-state index in [-0.39, 0.29) is 0 Å². The minimum absolute atomic E-state index is 0.556. The Bertz CT molecular complexity index is 3180. The van der Waals surface area contributed by atoms with Gasteiger partial charge < -0.3 is 4.42 Å². The van der Waals surface area contributed by atoms with E-state index >= 15 is 0 Å². The molecule has 0 aliphatic rings. The highest BCUT2D eigenvalue weighted by Crippen LogP contribution is 2.42. The van der Waals surface area contributed by atoms with E-state index in [1.54, 1.807) is 0 Å². The maximum Gasteiger partial charge on any atom is 0.238 e. The summed E-state index contributed by atoms with van der Waals surface area (Å²) in [5.74, 6) is 1.79. The van der Waals surface area contributed by atoms with E-state index in [0.29, 0.717) is 17.6 Å². The molecule has 8 aromatic carbocycles. The fourth-order valence-corrected chi connectivity index (χ4v) is 8.05. The van der Waals surface area contributed by atoms with Gasteiger partial charge in [0.05, 0.1) is 11.0 Å². The van der Waals surface area contributed by atoms with E-state index in [0.717, 1.165) is 88.3 Å². The zero-order valence-electron chi connectivity index (χ0n) is 30.2. The Morgan fingerprint density at radius 3 is 1.62 bits per heavy atom. The number of nitrogens with zero attached hydrogens (tertiary/aromatic N) is 4. The van der Waals surface area contributed by atoms with Gasteiger partial charge in [0.25, 0.3) is 0 Å². The van der Waals surface area contributed by atoms with Crippen molar-refractivity contribution in [3.63, 3.8) is 0 Å². The van der Waals surface area contributed by atoms with Crippen molar-refractivity contribution in [2.75, 3.05) is 0 Å². The SMILES string of the molecule is c1ccc(-c2ccc3c(c2)c2cccc(-c4cccc(-c5cccc6c5oc5ccccc56)c4)c2n3-c2nc(-c3ccccc3)nc(-c3ccccc3)n2)cc1. The molecule has 0 aliphatic carbocycles. The lowest BCUT2D eigenvalue weighted by atomic mass is 9.96. The lowest BCUT2D eigenvalue weighted by molar-refractivity contribution is 0.670. The molecule has 3 heterocycles. The van der Waals surface area contributed by atoms with Crippen LogP contribution < -0.4 is 0 Å². The lowest BCUT2D eigenvalue weighted by Gasteiger charge is -2.13. The highest BCUT2D eigenvalue weighted by Gasteiger charge is 2.22. The van der Waals surface area contributed by atoms with E-state index < -0.39 is 0 Å². The number of hydrogen-bond donors (Lipinski definition) is 0. The van der Waals surface area contributed by atoms with Gasteiger partial charge >= 0.3 is 0 Å². The Labute approximate surface area is 322 Å². The predicted molar refractivity (Wildman–Crippen MR) is 229 cm³/mol. The third-order valence-electron chi connectivity index (χ3n) is 10.7. The molecule has 0 fully saturated rings. The second kappa shape index (κ2) is 13.0. The second-order valence-electron chi connectivity index (χ2n) is 14.0. The van der Waals surface area contributed by atoms with Gasteiger partial charge in [-0.05, 0) is 46.5 Å². The van der Waals surface area contributed by atoms with Gasteiger partial charge in [-0.1, -0.05) is 170 Å². The third-order valence-corrected chi connectivity index (χ3v) is 10.7. The van der Waals surface area contributed by atoms with Gasteiger partial charge in [-0.25, -0.2) is 4.98 Å². The van der Waals surface area contributed by atoms with Gasteiger partial charge in [-0.3, -0.25) is 4.57 Å². The van der Waals surface area contributed by atoms with E-state index in [9.17, 15) is 0 Å². The van der Waals surface area contributed by atoms with Gasteiger partial charge in [0.2, 0.25) is 5.95 Å². The summed E-state index contributed by atoms with van der Waals surface area (Å²) < 4.78 is 8.71. The van der Waals surface area contributed by atoms with Crippen LogP contribution in [0.2, 0.25) is 0 Å². The standard InChI is InChI=1S/C51H32N4O/c1-4-15-33(16-5-1)36-29-30-45-44(32-36)42-26-13-24-39(37-21-12-22-38(31-37)40-25-14-27-43-41-23-10-11-28-46(41)56-48(40)43)47(42)55(45)51-53-49(34-17-6-2-7-18-34)52-50(54-51)35-19-8-3-9-20-35/h1-32H. The number of fused-ring (bicyclic) bond motifs is 6. The summed E-state index contributed by atoms with van der Waals surface area (Å²) >= 11 is 0. The third kappa shape index (κ3) is 5.29. The largest absolute Gasteiger partial charge is 0.455 e. The molecule has 56 heavy (non-hydrogen) atoms. The van der Waals surface area contributed by atoms with E-state index in [1.165, 1.54) is 0 Å². The molecule has 0 atom stereocenters. The molecule has 0 unspecified atom stereocenters. The predicted octanol–water partition coefficient (Wildman–Crippen LogP) is 13.2. The maximum absolute atomic E-state index is 6.49. The van der Waals surface area contributed by atoms with Crippen LogP contribution >= 0.6 is 0 Å². The lowest BCUT2D eigenvalue weighted by Crippen LogP contribution is -2.07. The summed E-state index contributed by atoms with van der Waals surface area (Å²) in [4.78, 5) is 15.5. The normalized spacial score (nSPS) is 11.6. The molecule has 262 valence electrons. The second-order valence-corrected chi connectivity index (χ2v) is 14.0. The van der Waals surface area contributed by atoms with Crippen LogP contribution in [0.3, 0.4) is 0 Å². The van der Waals surface area contributed by atoms with E-state index in [4.69, 9.17) is 19.4 Å². The molecule has 11 aromatic rings. The van der Waals surface area contributed by atoms with E-state index in [2.05, 4.69) is 126 Å². The maximum atomic E-state index is 6.49. The topological polar surface area (TPSA) is 56.7 Å². The average molecular weight is 717 g/mol. The molecule has 3 aromatic heterocycles. The van der Waals surface area contributed by atoms with Crippen LogP contribution in [0.4, 0.5) is 0 Å². The van der Waals surface area contributed by atoms with Crippen molar-refractivity contribution in [1.82, 2.24) is 19.5 Å². The molecule has 0 spiro atoms. The monoisotopic (exact) mass is 716 g/mol. The Morgan fingerprint density at radius 1 is 0.357 bits per heavy atom. The average Bonchev–Trinajstić information content (AvgIpc) is 3.83. The number of para-hydroxylation sites is 3. The smallest absolute Gasteiger partial charge is 0.238 e. The van der Waals surface area contributed by atoms with Crippen molar-refractivity contribution in [3.05, 3.63) is 194 Å². The minimum atomic E-state index is 0.556. The summed E-state index contributed by atoms with van der Waals surface area (Å²) in [5.41, 5.74) is 12.3. The molecule has 0 aliphatic heterocycles. The molecule has 11 rings (SSSR count). The van der Waals surface area contributed by atoms with Gasteiger partial charge in [-0.15, -0.1) is 0 Å². The molecule has 5 heteroatoms. The van der Waals surface area contributed by atoms with Gasteiger partial charge in [-0.2, -0.15) is 9.97 Å². The molecule has 0 saturated carbocycles. The van der Waals surface area contributed by atoms with E-state index in [1.807, 2.05) is 72.8 Å². The number of furan rings is 1. The zero-order valence-corrected chi connectivity index (χ0v) is 30.2. The summed E-state index contributed by atoms with van der Waals surface area (Å²) in [6.07, 6.45) is 0. The van der Waals surface area contributed by atoms with Crippen LogP contribution in [-0.2, 0) is 0 Å². The summed E-state index contributed by atoms with van der Waals surface area (Å²) in [7, 11) is 0. The van der Waals surface area contributed by atoms with Gasteiger partial charge in [0, 0.05) is 43.8 Å². The van der Waals surface area contributed by atoms with Crippen molar-refractivity contribution in [2.45, 2.75) is 0 Å². The Kier molecular flexibility index (Phi) is 7.42. The molecule has 0 N–H and O–H groups in total. The van der Waals surface area contributed by atoms with Gasteiger partial charge in [0.15, 0.2) is 11.6 Å². The highest BCUT2D eigenvalue weighted by molar-refractivity contribution is 6.15. The Hall–Kier alpha value is -7.63. The fraction of sp³-hybridized carbons (Fsp3) is 0. The van der Waals surface area contributed by atoms with Crippen LogP contribution in [0.5, 0.6) is 0 Å². The highest BCUT2D eigenvalue weighted by atomic mass is 16.3. The molecule has 0 bridgehead atoms.